The Kier molecular flexibility index (Phi) is 75.4. The van der Waals surface area contributed by atoms with Crippen molar-refractivity contribution in [3.8, 4) is 0 Å². The van der Waals surface area contributed by atoms with Crippen LogP contribution >= 0.6 is 15.6 Å². The van der Waals surface area contributed by atoms with E-state index in [2.05, 4.69) is 58.9 Å². The van der Waals surface area contributed by atoms with E-state index in [4.69, 9.17) is 37.0 Å². The molecular weight excluding hydrogens is 1350 g/mol. The molecule has 0 aliphatic rings. The molecule has 0 radical (unpaired) electrons. The number of phosphoric ester groups is 2. The lowest BCUT2D eigenvalue weighted by molar-refractivity contribution is -0.161. The number of ether oxygens (including phenoxy) is 4. The molecule has 5 atom stereocenters. The number of esters is 4. The Morgan fingerprint density at radius 3 is 0.788 bits per heavy atom. The first-order valence-corrected chi connectivity index (χ1v) is 46.4. The molecule has 0 bridgehead atoms. The molecular formula is C85H162O17P2. The summed E-state index contributed by atoms with van der Waals surface area (Å²) in [4.78, 5) is 73.1. The van der Waals surface area contributed by atoms with Gasteiger partial charge in [0, 0.05) is 25.7 Å². The lowest BCUT2D eigenvalue weighted by Crippen LogP contribution is -2.30. The van der Waals surface area contributed by atoms with Crippen LogP contribution in [0.4, 0.5) is 0 Å². The Morgan fingerprint density at radius 2 is 0.519 bits per heavy atom. The summed E-state index contributed by atoms with van der Waals surface area (Å²) in [6.45, 7) is 7.20. The van der Waals surface area contributed by atoms with Crippen LogP contribution in [0.1, 0.15) is 433 Å². The zero-order valence-corrected chi connectivity index (χ0v) is 69.4. The van der Waals surface area contributed by atoms with E-state index in [1.165, 1.54) is 238 Å². The Bertz CT molecular complexity index is 2070. The summed E-state index contributed by atoms with van der Waals surface area (Å²) >= 11 is 0. The largest absolute Gasteiger partial charge is 0.472 e. The van der Waals surface area contributed by atoms with Crippen LogP contribution in [0.15, 0.2) is 24.3 Å². The number of aliphatic hydroxyl groups excluding tert-OH is 1. The maximum Gasteiger partial charge on any atom is 0.472 e. The third kappa shape index (κ3) is 77.7. The molecule has 0 aromatic rings. The quantitative estimate of drug-likeness (QED) is 0.0169. The normalized spacial score (nSPS) is 13.9. The number of aliphatic hydroxyl groups is 1. The molecule has 0 aliphatic heterocycles. The van der Waals surface area contributed by atoms with Crippen LogP contribution in [0.5, 0.6) is 0 Å². The van der Waals surface area contributed by atoms with Gasteiger partial charge in [0.2, 0.25) is 0 Å². The molecule has 104 heavy (non-hydrogen) atoms. The average molecular weight is 1520 g/mol. The summed E-state index contributed by atoms with van der Waals surface area (Å²) in [6.07, 6.45) is 73.3. The van der Waals surface area contributed by atoms with E-state index in [1.54, 1.807) is 0 Å². The van der Waals surface area contributed by atoms with Gasteiger partial charge in [0.15, 0.2) is 12.2 Å². The number of hydrogen-bond acceptors (Lipinski definition) is 15. The number of phosphoric acid groups is 2. The van der Waals surface area contributed by atoms with Gasteiger partial charge in [-0.3, -0.25) is 37.3 Å². The van der Waals surface area contributed by atoms with Crippen LogP contribution < -0.4 is 0 Å². The van der Waals surface area contributed by atoms with Gasteiger partial charge in [0.1, 0.15) is 19.3 Å². The van der Waals surface area contributed by atoms with Gasteiger partial charge in [0.05, 0.1) is 26.4 Å². The summed E-state index contributed by atoms with van der Waals surface area (Å²) in [6, 6.07) is 0. The summed E-state index contributed by atoms with van der Waals surface area (Å²) in [5, 5.41) is 10.7. The van der Waals surface area contributed by atoms with Crippen LogP contribution in [0, 0.1) is 5.92 Å². The molecule has 0 saturated heterocycles. The third-order valence-electron chi connectivity index (χ3n) is 19.4. The highest BCUT2D eigenvalue weighted by Crippen LogP contribution is 2.45. The lowest BCUT2D eigenvalue weighted by Gasteiger charge is -2.21. The molecule has 0 spiro atoms. The molecule has 3 N–H and O–H groups in total. The smallest absolute Gasteiger partial charge is 0.462 e. The number of carbonyl (C=O) groups excluding carboxylic acids is 4. The van der Waals surface area contributed by atoms with Crippen LogP contribution in [0.25, 0.3) is 0 Å². The van der Waals surface area contributed by atoms with E-state index in [9.17, 15) is 43.2 Å². The molecule has 0 heterocycles. The summed E-state index contributed by atoms with van der Waals surface area (Å²) in [5.74, 6) is -1.46. The molecule has 0 aromatic heterocycles. The molecule has 0 aliphatic carbocycles. The topological polar surface area (TPSA) is 237 Å². The van der Waals surface area contributed by atoms with Crippen molar-refractivity contribution in [2.45, 2.75) is 451 Å². The van der Waals surface area contributed by atoms with Crippen LogP contribution in [-0.2, 0) is 65.4 Å². The lowest BCUT2D eigenvalue weighted by atomic mass is 10.0. The highest BCUT2D eigenvalue weighted by Gasteiger charge is 2.30. The van der Waals surface area contributed by atoms with E-state index in [0.29, 0.717) is 31.6 Å². The fraction of sp³-hybridized carbons (Fsp3) is 0.906. The molecule has 0 amide bonds. The Labute approximate surface area is 637 Å². The Morgan fingerprint density at radius 1 is 0.298 bits per heavy atom. The van der Waals surface area contributed by atoms with Crippen molar-refractivity contribution in [3.63, 3.8) is 0 Å². The first-order valence-electron chi connectivity index (χ1n) is 43.5. The van der Waals surface area contributed by atoms with Gasteiger partial charge < -0.3 is 33.8 Å². The second-order valence-corrected chi connectivity index (χ2v) is 33.3. The van der Waals surface area contributed by atoms with Crippen molar-refractivity contribution in [3.05, 3.63) is 24.3 Å². The average Bonchev–Trinajstić information content (AvgIpc) is 0.924. The van der Waals surface area contributed by atoms with Gasteiger partial charge >= 0.3 is 39.5 Å². The van der Waals surface area contributed by atoms with Gasteiger partial charge in [-0.25, -0.2) is 9.13 Å². The molecule has 19 heteroatoms. The summed E-state index contributed by atoms with van der Waals surface area (Å²) in [7, 11) is -9.94. The standard InChI is InChI=1S/C85H162O17P2/c1-6-9-12-15-18-21-24-27-30-32-34-36-38-41-43-46-49-52-58-63-68-82(87)95-74-80(101-84(89)70-66-61-54-51-48-45-42-39-37-35-33-31-28-25-22-19-16-13-10-7-2)76-99-103(91,92)97-72-79(86)73-98-104(93,94)100-77-81(75-96-83(88)69-64-59-56-55-57-62-67-78(4)5)102-85(90)71-65-60-53-50-47-44-40-29-26-23-20-17-14-11-8-3/h23,26,29,40,78-81,86H,6-22,24-25,27-28,30-39,41-77H2,1-5H3,(H,91,92)(H,93,94)/b26-23-,40-29-/t79-,80-,81-/m1/s1. The number of unbranched alkanes of at least 4 members (excludes halogenated alkanes) is 52. The van der Waals surface area contributed by atoms with Gasteiger partial charge in [-0.1, -0.05) is 380 Å². The number of allylic oxidation sites excluding steroid dienone is 4. The molecule has 0 rings (SSSR count). The Hall–Kier alpha value is -2.46. The minimum atomic E-state index is -4.97. The Balaban J connectivity index is 5.23. The van der Waals surface area contributed by atoms with Gasteiger partial charge in [-0.2, -0.15) is 0 Å². The number of carbonyl (C=O) groups is 4. The monoisotopic (exact) mass is 1520 g/mol. The van der Waals surface area contributed by atoms with E-state index in [0.717, 1.165) is 109 Å². The second-order valence-electron chi connectivity index (χ2n) is 30.4. The minimum Gasteiger partial charge on any atom is -0.462 e. The second kappa shape index (κ2) is 77.3. The van der Waals surface area contributed by atoms with Crippen LogP contribution in [0.2, 0.25) is 0 Å². The molecule has 0 aromatic carbocycles. The minimum absolute atomic E-state index is 0.0844. The zero-order valence-electron chi connectivity index (χ0n) is 67.7. The van der Waals surface area contributed by atoms with E-state index in [1.807, 2.05) is 0 Å². The van der Waals surface area contributed by atoms with Crippen molar-refractivity contribution in [1.29, 1.82) is 0 Å². The SMILES string of the molecule is CCCCCC/C=C\C=C/CCCCCCCC(=O)O[C@H](COC(=O)CCCCCCCCC(C)C)COP(=O)(O)OC[C@H](O)COP(=O)(O)OC[C@@H](COC(=O)CCCCCCCCCCCCCCCCCCCCCC)OC(=O)CCCCCCCCCCCCCCCCCCCCCC. The van der Waals surface area contributed by atoms with Crippen LogP contribution in [0.3, 0.4) is 0 Å². The molecule has 614 valence electrons. The number of hydrogen-bond donors (Lipinski definition) is 3. The highest BCUT2D eigenvalue weighted by atomic mass is 31.2. The van der Waals surface area contributed by atoms with Crippen molar-refractivity contribution in [2.75, 3.05) is 39.6 Å². The molecule has 2 unspecified atom stereocenters. The maximum absolute atomic E-state index is 13.1. The molecule has 0 fully saturated rings. The van der Waals surface area contributed by atoms with Gasteiger partial charge in [-0.15, -0.1) is 0 Å². The van der Waals surface area contributed by atoms with Crippen molar-refractivity contribution in [2.24, 2.45) is 5.92 Å². The number of rotatable bonds is 83. The maximum atomic E-state index is 13.1. The van der Waals surface area contributed by atoms with Gasteiger partial charge in [0.25, 0.3) is 0 Å². The zero-order chi connectivity index (χ0) is 76.2. The predicted molar refractivity (Wildman–Crippen MR) is 428 cm³/mol. The van der Waals surface area contributed by atoms with E-state index >= 15 is 0 Å². The highest BCUT2D eigenvalue weighted by molar-refractivity contribution is 7.47. The van der Waals surface area contributed by atoms with Crippen molar-refractivity contribution in [1.82, 2.24) is 0 Å². The summed E-state index contributed by atoms with van der Waals surface area (Å²) < 4.78 is 68.7. The van der Waals surface area contributed by atoms with Gasteiger partial charge in [-0.05, 0) is 57.3 Å². The van der Waals surface area contributed by atoms with Crippen molar-refractivity contribution >= 4 is 39.5 Å². The van der Waals surface area contributed by atoms with Crippen molar-refractivity contribution < 1.29 is 80.2 Å². The third-order valence-corrected chi connectivity index (χ3v) is 21.3. The van der Waals surface area contributed by atoms with Crippen LogP contribution in [-0.4, -0.2) is 96.7 Å². The predicted octanol–water partition coefficient (Wildman–Crippen LogP) is 25.5. The molecule has 17 nitrogen and oxygen atoms in total. The first kappa shape index (κ1) is 102. The van der Waals surface area contributed by atoms with E-state index < -0.39 is 97.5 Å². The first-order chi connectivity index (χ1) is 50.5. The van der Waals surface area contributed by atoms with E-state index in [-0.39, 0.29) is 25.7 Å². The fourth-order valence-electron chi connectivity index (χ4n) is 12.8. The fourth-order valence-corrected chi connectivity index (χ4v) is 14.3. The molecule has 0 saturated carbocycles. The summed E-state index contributed by atoms with van der Waals surface area (Å²) in [5.41, 5.74) is 0.